The maximum Gasteiger partial charge on any atom is 0.233 e. The predicted molar refractivity (Wildman–Crippen MR) is 109 cm³/mol. The van der Waals surface area contributed by atoms with E-state index in [4.69, 9.17) is 4.74 Å². The van der Waals surface area contributed by atoms with Crippen molar-refractivity contribution in [1.29, 1.82) is 0 Å². The number of ether oxygens (including phenoxy) is 1. The van der Waals surface area contributed by atoms with E-state index in [9.17, 15) is 14.4 Å². The molecule has 0 radical (unpaired) electrons. The molecule has 1 N–H and O–H groups in total. The van der Waals surface area contributed by atoms with Gasteiger partial charge in [0.25, 0.3) is 0 Å². The van der Waals surface area contributed by atoms with Gasteiger partial charge in [0.2, 0.25) is 17.7 Å². The van der Waals surface area contributed by atoms with E-state index in [2.05, 4.69) is 5.32 Å². The summed E-state index contributed by atoms with van der Waals surface area (Å²) in [5, 5.41) is 2.94. The molecule has 3 rings (SSSR count). The summed E-state index contributed by atoms with van der Waals surface area (Å²) in [4.78, 5) is 40.8. The number of nitrogens with zero attached hydrogens (tertiary/aromatic N) is 2. The van der Waals surface area contributed by atoms with Crippen molar-refractivity contribution >= 4 is 17.7 Å². The number of methoxy groups -OCH3 is 1. The van der Waals surface area contributed by atoms with Crippen molar-refractivity contribution in [2.45, 2.75) is 38.1 Å². The first-order chi connectivity index (χ1) is 13.9. The molecule has 1 heterocycles. The number of carbonyl (C=O) groups is 3. The van der Waals surface area contributed by atoms with Crippen molar-refractivity contribution in [3.63, 3.8) is 0 Å². The first-order valence-electron chi connectivity index (χ1n) is 10.3. The standard InChI is InChI=1S/C22H31N3O4/c1-24(2)18(17-10-6-7-11-19(17)29-3)14-23-20(26)12-13-25-21(27)15-8-4-5-9-16(15)22(25)28/h6-7,10-11,15-16,18H,4-5,8-9,12-14H2,1-3H3,(H,23,26)/t15-,16+,18-/m1/s1. The van der Waals surface area contributed by atoms with Crippen LogP contribution in [0.25, 0.3) is 0 Å². The lowest BCUT2D eigenvalue weighted by Crippen LogP contribution is -2.38. The maximum atomic E-state index is 12.5. The van der Waals surface area contributed by atoms with Crippen LogP contribution in [-0.2, 0) is 14.4 Å². The molecule has 3 amide bonds. The molecule has 29 heavy (non-hydrogen) atoms. The monoisotopic (exact) mass is 401 g/mol. The Bertz CT molecular complexity index is 740. The van der Waals surface area contributed by atoms with Gasteiger partial charge in [-0.15, -0.1) is 0 Å². The number of benzene rings is 1. The fourth-order valence-corrected chi connectivity index (χ4v) is 4.48. The average molecular weight is 402 g/mol. The van der Waals surface area contributed by atoms with Gasteiger partial charge in [-0.25, -0.2) is 0 Å². The molecule has 7 heteroatoms. The van der Waals surface area contributed by atoms with Crippen molar-refractivity contribution in [2.24, 2.45) is 11.8 Å². The average Bonchev–Trinajstić information content (AvgIpc) is 2.97. The van der Waals surface area contributed by atoms with E-state index in [1.54, 1.807) is 7.11 Å². The minimum Gasteiger partial charge on any atom is -0.496 e. The molecule has 1 aliphatic heterocycles. The maximum absolute atomic E-state index is 12.5. The van der Waals surface area contributed by atoms with Crippen LogP contribution in [0.5, 0.6) is 5.75 Å². The van der Waals surface area contributed by atoms with Crippen LogP contribution in [0.1, 0.15) is 43.7 Å². The van der Waals surface area contributed by atoms with Crippen LogP contribution >= 0.6 is 0 Å². The highest BCUT2D eigenvalue weighted by molar-refractivity contribution is 6.05. The number of rotatable bonds is 8. The Morgan fingerprint density at radius 2 is 1.79 bits per heavy atom. The van der Waals surface area contributed by atoms with Crippen LogP contribution in [0.2, 0.25) is 0 Å². The molecule has 7 nitrogen and oxygen atoms in total. The summed E-state index contributed by atoms with van der Waals surface area (Å²) in [6, 6.07) is 7.69. The van der Waals surface area contributed by atoms with Crippen LogP contribution in [0.15, 0.2) is 24.3 Å². The highest BCUT2D eigenvalue weighted by Gasteiger charge is 2.47. The fourth-order valence-electron chi connectivity index (χ4n) is 4.48. The first kappa shape index (κ1) is 21.3. The van der Waals surface area contributed by atoms with Crippen molar-refractivity contribution in [3.05, 3.63) is 29.8 Å². The quantitative estimate of drug-likeness (QED) is 0.674. The third kappa shape index (κ3) is 4.61. The van der Waals surface area contributed by atoms with Gasteiger partial charge >= 0.3 is 0 Å². The van der Waals surface area contributed by atoms with Crippen LogP contribution in [0.4, 0.5) is 0 Å². The lowest BCUT2D eigenvalue weighted by Gasteiger charge is -2.26. The largest absolute Gasteiger partial charge is 0.496 e. The summed E-state index contributed by atoms with van der Waals surface area (Å²) in [6.45, 7) is 0.580. The number of fused-ring (bicyclic) bond motifs is 1. The van der Waals surface area contributed by atoms with E-state index < -0.39 is 0 Å². The van der Waals surface area contributed by atoms with Crippen LogP contribution in [0, 0.1) is 11.8 Å². The Balaban J connectivity index is 1.55. The number of likely N-dealkylation sites (tertiary alicyclic amines) is 1. The summed E-state index contributed by atoms with van der Waals surface area (Å²) in [6.07, 6.45) is 3.72. The zero-order valence-electron chi connectivity index (χ0n) is 17.5. The molecule has 1 aromatic carbocycles. The van der Waals surface area contributed by atoms with Crippen molar-refractivity contribution < 1.29 is 19.1 Å². The molecule has 1 aromatic rings. The number of hydrogen-bond donors (Lipinski definition) is 1. The van der Waals surface area contributed by atoms with E-state index in [-0.39, 0.29) is 48.6 Å². The normalized spacial score (nSPS) is 22.6. The summed E-state index contributed by atoms with van der Waals surface area (Å²) < 4.78 is 5.45. The molecule has 0 spiro atoms. The van der Waals surface area contributed by atoms with E-state index in [1.807, 2.05) is 43.3 Å². The fraction of sp³-hybridized carbons (Fsp3) is 0.591. The Hall–Kier alpha value is -2.41. The molecule has 158 valence electrons. The number of amides is 3. The highest BCUT2D eigenvalue weighted by atomic mass is 16.5. The number of imide groups is 1. The van der Waals surface area contributed by atoms with Crippen LogP contribution in [-0.4, -0.2) is 61.8 Å². The number of nitrogens with one attached hydrogen (secondary N) is 1. The lowest BCUT2D eigenvalue weighted by atomic mass is 9.81. The van der Waals surface area contributed by atoms with Gasteiger partial charge in [-0.3, -0.25) is 19.3 Å². The third-order valence-electron chi connectivity index (χ3n) is 6.11. The minimum absolute atomic E-state index is 0.0481. The topological polar surface area (TPSA) is 79.0 Å². The zero-order chi connectivity index (χ0) is 21.0. The zero-order valence-corrected chi connectivity index (χ0v) is 17.5. The Labute approximate surface area is 172 Å². The summed E-state index contributed by atoms with van der Waals surface area (Å²) in [5.41, 5.74) is 0.995. The van der Waals surface area contributed by atoms with Gasteiger partial charge in [0.1, 0.15) is 5.75 Å². The van der Waals surface area contributed by atoms with E-state index in [1.165, 1.54) is 4.90 Å². The Morgan fingerprint density at radius 3 is 2.38 bits per heavy atom. The number of para-hydroxylation sites is 1. The second kappa shape index (κ2) is 9.39. The second-order valence-electron chi connectivity index (χ2n) is 8.10. The second-order valence-corrected chi connectivity index (χ2v) is 8.10. The Morgan fingerprint density at radius 1 is 1.17 bits per heavy atom. The van der Waals surface area contributed by atoms with Crippen molar-refractivity contribution in [3.8, 4) is 5.75 Å². The molecular weight excluding hydrogens is 370 g/mol. The van der Waals surface area contributed by atoms with Crippen LogP contribution < -0.4 is 10.1 Å². The summed E-state index contributed by atoms with van der Waals surface area (Å²) in [5.74, 6) is 0.102. The molecule has 0 aromatic heterocycles. The number of likely N-dealkylation sites (N-methyl/N-ethyl adjacent to an activating group) is 1. The van der Waals surface area contributed by atoms with Crippen LogP contribution in [0.3, 0.4) is 0 Å². The van der Waals surface area contributed by atoms with E-state index in [0.717, 1.165) is 37.0 Å². The molecule has 0 unspecified atom stereocenters. The highest BCUT2D eigenvalue weighted by Crippen LogP contribution is 2.38. The van der Waals surface area contributed by atoms with Gasteiger partial charge in [-0.05, 0) is 33.0 Å². The molecule has 3 atom stereocenters. The molecule has 1 saturated carbocycles. The van der Waals surface area contributed by atoms with Gasteiger partial charge in [0.15, 0.2) is 0 Å². The van der Waals surface area contributed by atoms with Gasteiger partial charge in [0, 0.05) is 25.1 Å². The SMILES string of the molecule is COc1ccccc1[C@@H](CNC(=O)CCN1C(=O)[C@H]2CCCC[C@H]2C1=O)N(C)C. The number of hydrogen-bond acceptors (Lipinski definition) is 5. The predicted octanol–water partition coefficient (Wildman–Crippen LogP) is 1.98. The third-order valence-corrected chi connectivity index (χ3v) is 6.11. The lowest BCUT2D eigenvalue weighted by molar-refractivity contribution is -0.140. The smallest absolute Gasteiger partial charge is 0.233 e. The molecule has 1 saturated heterocycles. The van der Waals surface area contributed by atoms with Crippen molar-refractivity contribution in [2.75, 3.05) is 34.3 Å². The minimum atomic E-state index is -0.165. The number of carbonyl (C=O) groups excluding carboxylic acids is 3. The molecule has 2 aliphatic rings. The molecule has 1 aliphatic carbocycles. The summed E-state index contributed by atoms with van der Waals surface area (Å²) in [7, 11) is 5.53. The first-order valence-corrected chi connectivity index (χ1v) is 10.3. The Kier molecular flexibility index (Phi) is 6.90. The van der Waals surface area contributed by atoms with Crippen molar-refractivity contribution in [1.82, 2.24) is 15.1 Å². The molecule has 0 bridgehead atoms. The van der Waals surface area contributed by atoms with E-state index >= 15 is 0 Å². The van der Waals surface area contributed by atoms with Gasteiger partial charge in [-0.1, -0.05) is 31.0 Å². The van der Waals surface area contributed by atoms with E-state index in [0.29, 0.717) is 6.54 Å². The van der Waals surface area contributed by atoms with Gasteiger partial charge in [0.05, 0.1) is 25.0 Å². The molecule has 2 fully saturated rings. The van der Waals surface area contributed by atoms with Gasteiger partial charge in [-0.2, -0.15) is 0 Å². The molecular formula is C22H31N3O4. The summed E-state index contributed by atoms with van der Waals surface area (Å²) >= 11 is 0. The van der Waals surface area contributed by atoms with Gasteiger partial charge < -0.3 is 15.0 Å².